The molecule has 2 rings (SSSR count). The van der Waals surface area contributed by atoms with Crippen LogP contribution in [0.2, 0.25) is 0 Å². The molecule has 0 amide bonds. The molecular weight excluding hydrogens is 278 g/mol. The molecule has 0 N–H and O–H groups in total. The minimum Gasteiger partial charge on any atom is -0.469 e. The molecule has 4 atom stereocenters. The van der Waals surface area contributed by atoms with Crippen molar-refractivity contribution in [3.8, 4) is 0 Å². The number of hydrogen-bond acceptors (Lipinski definition) is 7. The highest BCUT2D eigenvalue weighted by Gasteiger charge is 2.58. The first kappa shape index (κ1) is 16.2. The molecule has 0 radical (unpaired) electrons. The Morgan fingerprint density at radius 2 is 1.76 bits per heavy atom. The Morgan fingerprint density at radius 1 is 1.14 bits per heavy atom. The van der Waals surface area contributed by atoms with Crippen LogP contribution >= 0.6 is 0 Å². The van der Waals surface area contributed by atoms with Crippen LogP contribution in [0.25, 0.3) is 0 Å². The van der Waals surface area contributed by atoms with Crippen LogP contribution in [-0.2, 0) is 28.6 Å². The van der Waals surface area contributed by atoms with Crippen LogP contribution in [0, 0.1) is 5.92 Å². The third-order valence-corrected chi connectivity index (χ3v) is 3.70. The summed E-state index contributed by atoms with van der Waals surface area (Å²) in [6, 6.07) is -0.333. The van der Waals surface area contributed by atoms with Gasteiger partial charge in [-0.25, -0.2) is 4.79 Å². The topological polar surface area (TPSA) is 74.3 Å². The summed E-state index contributed by atoms with van der Waals surface area (Å²) in [6.45, 7) is 6.47. The lowest BCUT2D eigenvalue weighted by Crippen LogP contribution is -2.45. The van der Waals surface area contributed by atoms with Gasteiger partial charge in [-0.15, -0.1) is 0 Å². The van der Waals surface area contributed by atoms with Gasteiger partial charge in [0.15, 0.2) is 6.10 Å². The highest BCUT2D eigenvalue weighted by atomic mass is 16.7. The van der Waals surface area contributed by atoms with Gasteiger partial charge in [0.05, 0.1) is 32.0 Å². The van der Waals surface area contributed by atoms with Crippen LogP contribution < -0.4 is 0 Å². The number of hydroxylamine groups is 2. The Kier molecular flexibility index (Phi) is 4.55. The van der Waals surface area contributed by atoms with Gasteiger partial charge in [-0.2, -0.15) is 5.06 Å². The van der Waals surface area contributed by atoms with Gasteiger partial charge in [0.25, 0.3) is 0 Å². The Labute approximate surface area is 124 Å². The summed E-state index contributed by atoms with van der Waals surface area (Å²) in [5.74, 6) is -1.80. The molecule has 7 nitrogen and oxygen atoms in total. The van der Waals surface area contributed by atoms with Crippen molar-refractivity contribution in [1.29, 1.82) is 0 Å². The summed E-state index contributed by atoms with van der Waals surface area (Å²) in [5.41, 5.74) is -0.343. The summed E-state index contributed by atoms with van der Waals surface area (Å²) in [4.78, 5) is 29.5. The van der Waals surface area contributed by atoms with Gasteiger partial charge in [-0.1, -0.05) is 0 Å². The fourth-order valence-electron chi connectivity index (χ4n) is 2.97. The number of rotatable bonds is 3. The van der Waals surface area contributed by atoms with Gasteiger partial charge in [0, 0.05) is 6.54 Å². The predicted octanol–water partition coefficient (Wildman–Crippen LogP) is 0.520. The highest BCUT2D eigenvalue weighted by Crippen LogP contribution is 2.39. The minimum absolute atomic E-state index is 0.191. The highest BCUT2D eigenvalue weighted by molar-refractivity contribution is 5.85. The zero-order valence-electron chi connectivity index (χ0n) is 13.1. The molecule has 2 saturated heterocycles. The van der Waals surface area contributed by atoms with E-state index in [0.29, 0.717) is 6.54 Å². The van der Waals surface area contributed by atoms with Crippen LogP contribution in [-0.4, -0.2) is 61.6 Å². The average Bonchev–Trinajstić information content (AvgIpc) is 2.95. The van der Waals surface area contributed by atoms with Crippen molar-refractivity contribution in [3.05, 3.63) is 0 Å². The van der Waals surface area contributed by atoms with Crippen molar-refractivity contribution in [2.24, 2.45) is 5.92 Å². The maximum Gasteiger partial charge on any atom is 0.338 e. The number of fused-ring (bicyclic) bond motifs is 1. The molecule has 0 unspecified atom stereocenters. The largest absolute Gasteiger partial charge is 0.469 e. The quantitative estimate of drug-likeness (QED) is 0.703. The molecule has 0 aromatic carbocycles. The Balaban J connectivity index is 2.24. The third-order valence-electron chi connectivity index (χ3n) is 3.70. The first-order chi connectivity index (χ1) is 9.78. The molecular formula is C14H23NO6. The molecule has 0 bridgehead atoms. The van der Waals surface area contributed by atoms with Crippen molar-refractivity contribution in [2.75, 3.05) is 20.8 Å². The van der Waals surface area contributed by atoms with Crippen LogP contribution in [0.4, 0.5) is 0 Å². The van der Waals surface area contributed by atoms with E-state index in [1.165, 1.54) is 14.2 Å². The minimum atomic E-state index is -0.973. The summed E-state index contributed by atoms with van der Waals surface area (Å²) in [7, 11) is 2.57. The summed E-state index contributed by atoms with van der Waals surface area (Å²) in [5, 5.41) is 1.65. The second kappa shape index (κ2) is 5.90. The zero-order chi connectivity index (χ0) is 15.8. The molecule has 7 heteroatoms. The number of methoxy groups -OCH3 is 2. The van der Waals surface area contributed by atoms with Crippen molar-refractivity contribution in [1.82, 2.24) is 5.06 Å². The predicted molar refractivity (Wildman–Crippen MR) is 72.1 cm³/mol. The first-order valence-corrected chi connectivity index (χ1v) is 7.05. The summed E-state index contributed by atoms with van der Waals surface area (Å²) in [6.07, 6.45) is -0.425. The molecule has 0 saturated carbocycles. The van der Waals surface area contributed by atoms with E-state index in [-0.39, 0.29) is 17.7 Å². The van der Waals surface area contributed by atoms with Crippen LogP contribution in [0.1, 0.15) is 27.2 Å². The maximum absolute atomic E-state index is 12.1. The molecule has 21 heavy (non-hydrogen) atoms. The Bertz CT molecular complexity index is 418. The van der Waals surface area contributed by atoms with E-state index < -0.39 is 24.0 Å². The van der Waals surface area contributed by atoms with Crippen molar-refractivity contribution < 1.29 is 28.6 Å². The van der Waals surface area contributed by atoms with E-state index >= 15 is 0 Å². The fourth-order valence-corrected chi connectivity index (χ4v) is 2.97. The van der Waals surface area contributed by atoms with Crippen LogP contribution in [0.5, 0.6) is 0 Å². The lowest BCUT2D eigenvalue weighted by molar-refractivity contribution is -0.185. The molecule has 0 aromatic rings. The van der Waals surface area contributed by atoms with Crippen molar-refractivity contribution in [2.45, 2.75) is 51.0 Å². The second-order valence-electron chi connectivity index (χ2n) is 6.29. The van der Waals surface area contributed by atoms with Crippen LogP contribution in [0.15, 0.2) is 0 Å². The van der Waals surface area contributed by atoms with Gasteiger partial charge >= 0.3 is 11.9 Å². The number of ether oxygens (including phenoxy) is 3. The lowest BCUT2D eigenvalue weighted by Gasteiger charge is -2.30. The molecule has 0 aromatic heterocycles. The van der Waals surface area contributed by atoms with Gasteiger partial charge in [-0.3, -0.25) is 9.63 Å². The number of carbonyl (C=O) groups is 2. The summed E-state index contributed by atoms with van der Waals surface area (Å²) < 4.78 is 15.6. The van der Waals surface area contributed by atoms with Crippen LogP contribution in [0.3, 0.4) is 0 Å². The zero-order valence-corrected chi connectivity index (χ0v) is 13.1. The van der Waals surface area contributed by atoms with Gasteiger partial charge in [0.1, 0.15) is 5.92 Å². The van der Waals surface area contributed by atoms with Crippen molar-refractivity contribution >= 4 is 11.9 Å². The van der Waals surface area contributed by atoms with E-state index in [0.717, 1.165) is 6.42 Å². The molecule has 0 aliphatic carbocycles. The fraction of sp³-hybridized carbons (Fsp3) is 0.857. The Hall–Kier alpha value is -1.18. The number of hydrogen-bond donors (Lipinski definition) is 0. The van der Waals surface area contributed by atoms with Gasteiger partial charge in [-0.05, 0) is 27.2 Å². The standard InChI is InChI=1S/C14H23NO6/c1-14(2,3)20-8-6-7-15-10(8)9(12(16)18-4)11(21-15)13(17)19-5/h8-11H,6-7H2,1-5H3/t8-,9+,10-,11-/m0/s1. The van der Waals surface area contributed by atoms with E-state index in [9.17, 15) is 9.59 Å². The first-order valence-electron chi connectivity index (χ1n) is 7.05. The maximum atomic E-state index is 12.1. The molecule has 2 fully saturated rings. The molecule has 2 aliphatic heterocycles. The van der Waals surface area contributed by atoms with E-state index in [1.54, 1.807) is 5.06 Å². The number of carbonyl (C=O) groups excluding carboxylic acids is 2. The Morgan fingerprint density at radius 3 is 2.29 bits per heavy atom. The number of esters is 2. The third kappa shape index (κ3) is 3.20. The monoisotopic (exact) mass is 301 g/mol. The van der Waals surface area contributed by atoms with Crippen molar-refractivity contribution in [3.63, 3.8) is 0 Å². The van der Waals surface area contributed by atoms with Gasteiger partial charge in [0.2, 0.25) is 0 Å². The average molecular weight is 301 g/mol. The lowest BCUT2D eigenvalue weighted by atomic mass is 9.91. The normalized spacial score (nSPS) is 32.8. The van der Waals surface area contributed by atoms with E-state index in [2.05, 4.69) is 0 Å². The smallest absolute Gasteiger partial charge is 0.338 e. The SMILES string of the molecule is COC(=O)[C@@H]1[C@@H]2[C@@H](OC(C)(C)C)CCN2O[C@@H]1C(=O)OC. The number of nitrogens with zero attached hydrogens (tertiary/aromatic N) is 1. The second-order valence-corrected chi connectivity index (χ2v) is 6.29. The van der Waals surface area contributed by atoms with E-state index in [1.807, 2.05) is 20.8 Å². The summed E-state index contributed by atoms with van der Waals surface area (Å²) >= 11 is 0. The molecule has 0 spiro atoms. The molecule has 2 aliphatic rings. The van der Waals surface area contributed by atoms with Gasteiger partial charge < -0.3 is 14.2 Å². The van der Waals surface area contributed by atoms with E-state index in [4.69, 9.17) is 19.0 Å². The molecule has 120 valence electrons. The molecule has 2 heterocycles.